The summed E-state index contributed by atoms with van der Waals surface area (Å²) in [5.74, 6) is -1.63. The van der Waals surface area contributed by atoms with Gasteiger partial charge in [0.15, 0.2) is 6.61 Å². The third-order valence-electron chi connectivity index (χ3n) is 5.24. The van der Waals surface area contributed by atoms with Gasteiger partial charge in [-0.3, -0.25) is 9.59 Å². The van der Waals surface area contributed by atoms with Gasteiger partial charge in [0.1, 0.15) is 17.1 Å². The fourth-order valence-corrected chi connectivity index (χ4v) is 3.73. The van der Waals surface area contributed by atoms with Crippen LogP contribution in [0.1, 0.15) is 37.7 Å². The first kappa shape index (κ1) is 24.6. The van der Waals surface area contributed by atoms with Gasteiger partial charge < -0.3 is 20.1 Å². The minimum absolute atomic E-state index is 0.0592. The Morgan fingerprint density at radius 2 is 1.91 bits per heavy atom. The molecule has 2 N–H and O–H groups in total. The second kappa shape index (κ2) is 11.2. The molecule has 1 aromatic heterocycles. The zero-order valence-electron chi connectivity index (χ0n) is 17.6. The van der Waals surface area contributed by atoms with Gasteiger partial charge in [-0.15, -0.1) is 0 Å². The summed E-state index contributed by atoms with van der Waals surface area (Å²) in [6.07, 6.45) is 4.71. The number of pyridine rings is 1. The minimum atomic E-state index is -2.97. The highest BCUT2D eigenvalue weighted by atomic mass is 35.5. The van der Waals surface area contributed by atoms with Crippen molar-refractivity contribution < 1.29 is 32.2 Å². The summed E-state index contributed by atoms with van der Waals surface area (Å²) >= 11 is 5.63. The number of aromatic nitrogens is 1. The molecule has 0 spiro atoms. The molecule has 7 nitrogen and oxygen atoms in total. The van der Waals surface area contributed by atoms with Crippen LogP contribution in [-0.2, 0) is 16.1 Å². The zero-order valence-corrected chi connectivity index (χ0v) is 18.3. The number of nitrogens with one attached hydrogen (secondary N) is 2. The smallest absolute Gasteiger partial charge is 0.388 e. The fourth-order valence-electron chi connectivity index (χ4n) is 3.61. The van der Waals surface area contributed by atoms with E-state index >= 15 is 0 Å². The van der Waals surface area contributed by atoms with Gasteiger partial charge in [0.25, 0.3) is 5.91 Å². The SMILES string of the molecule is O=C(COc1ccc(Cl)c(F)c1)NC1(C(=O)NCc2ccc(OC(F)F)nc2)CCCCC1. The third-order valence-corrected chi connectivity index (χ3v) is 5.55. The molecule has 1 aliphatic carbocycles. The van der Waals surface area contributed by atoms with Crippen LogP contribution in [-0.4, -0.2) is 35.6 Å². The summed E-state index contributed by atoms with van der Waals surface area (Å²) in [5, 5.41) is 5.50. The van der Waals surface area contributed by atoms with E-state index in [1.807, 2.05) is 0 Å². The van der Waals surface area contributed by atoms with E-state index in [0.29, 0.717) is 18.4 Å². The van der Waals surface area contributed by atoms with Crippen molar-refractivity contribution in [2.24, 2.45) is 0 Å². The van der Waals surface area contributed by atoms with E-state index in [-0.39, 0.29) is 29.1 Å². The number of hydrogen-bond donors (Lipinski definition) is 2. The van der Waals surface area contributed by atoms with Crippen LogP contribution in [0.2, 0.25) is 5.02 Å². The Morgan fingerprint density at radius 3 is 2.55 bits per heavy atom. The Balaban J connectivity index is 1.58. The van der Waals surface area contributed by atoms with Crippen molar-refractivity contribution in [3.8, 4) is 11.6 Å². The number of carbonyl (C=O) groups is 2. The van der Waals surface area contributed by atoms with E-state index < -0.39 is 30.5 Å². The number of halogens is 4. The highest BCUT2D eigenvalue weighted by Crippen LogP contribution is 2.29. The lowest BCUT2D eigenvalue weighted by Gasteiger charge is -2.36. The monoisotopic (exact) mass is 485 g/mol. The predicted octanol–water partition coefficient (Wildman–Crippen LogP) is 3.99. The lowest BCUT2D eigenvalue weighted by Crippen LogP contribution is -2.60. The molecule has 3 rings (SSSR count). The molecule has 178 valence electrons. The van der Waals surface area contributed by atoms with Gasteiger partial charge in [0.05, 0.1) is 5.02 Å². The second-order valence-corrected chi connectivity index (χ2v) is 8.03. The number of hydrogen-bond acceptors (Lipinski definition) is 5. The van der Waals surface area contributed by atoms with Gasteiger partial charge in [0, 0.05) is 24.9 Å². The average Bonchev–Trinajstić information content (AvgIpc) is 2.79. The van der Waals surface area contributed by atoms with E-state index in [0.717, 1.165) is 25.3 Å². The maximum Gasteiger partial charge on any atom is 0.388 e. The summed E-state index contributed by atoms with van der Waals surface area (Å²) in [5.41, 5.74) is -0.522. The lowest BCUT2D eigenvalue weighted by atomic mass is 9.80. The van der Waals surface area contributed by atoms with Gasteiger partial charge >= 0.3 is 6.61 Å². The number of carbonyl (C=O) groups excluding carboxylic acids is 2. The molecule has 0 unspecified atom stereocenters. The molecule has 1 aromatic carbocycles. The van der Waals surface area contributed by atoms with Crippen LogP contribution in [0.4, 0.5) is 13.2 Å². The van der Waals surface area contributed by atoms with Crippen LogP contribution >= 0.6 is 11.6 Å². The molecule has 2 aromatic rings. The van der Waals surface area contributed by atoms with E-state index in [2.05, 4.69) is 20.4 Å². The number of benzene rings is 1. The first-order valence-electron chi connectivity index (χ1n) is 10.3. The number of ether oxygens (including phenoxy) is 2. The average molecular weight is 486 g/mol. The van der Waals surface area contributed by atoms with E-state index in [9.17, 15) is 22.8 Å². The Labute approximate surface area is 193 Å². The predicted molar refractivity (Wildman–Crippen MR) is 114 cm³/mol. The molecule has 1 saturated carbocycles. The molecule has 0 atom stereocenters. The van der Waals surface area contributed by atoms with Gasteiger partial charge in [-0.25, -0.2) is 9.37 Å². The molecule has 33 heavy (non-hydrogen) atoms. The number of nitrogens with zero attached hydrogens (tertiary/aromatic N) is 1. The molecular weight excluding hydrogens is 463 g/mol. The Bertz CT molecular complexity index is 970. The topological polar surface area (TPSA) is 89.5 Å². The standard InChI is InChI=1S/C22H23ClF3N3O4/c23-16-6-5-15(10-17(16)24)32-13-18(30)29-22(8-2-1-3-9-22)20(31)28-12-14-4-7-19(27-11-14)33-21(25)26/h4-7,10-11,21H,1-3,8-9,12-13H2,(H,28,31)(H,29,30). The second-order valence-electron chi connectivity index (χ2n) is 7.62. The van der Waals surface area contributed by atoms with Gasteiger partial charge in [-0.1, -0.05) is 36.9 Å². The molecule has 0 radical (unpaired) electrons. The van der Waals surface area contributed by atoms with Crippen LogP contribution in [0.3, 0.4) is 0 Å². The minimum Gasteiger partial charge on any atom is -0.484 e. The van der Waals surface area contributed by atoms with Crippen molar-refractivity contribution in [2.45, 2.75) is 50.8 Å². The van der Waals surface area contributed by atoms with Crippen molar-refractivity contribution >= 4 is 23.4 Å². The lowest BCUT2D eigenvalue weighted by molar-refractivity contribution is -0.136. The molecule has 0 bridgehead atoms. The molecule has 1 heterocycles. The van der Waals surface area contributed by atoms with Crippen molar-refractivity contribution in [3.05, 3.63) is 52.9 Å². The van der Waals surface area contributed by atoms with E-state index in [4.69, 9.17) is 16.3 Å². The Morgan fingerprint density at radius 1 is 1.15 bits per heavy atom. The first-order chi connectivity index (χ1) is 15.8. The summed E-state index contributed by atoms with van der Waals surface area (Å²) in [6.45, 7) is -3.27. The van der Waals surface area contributed by atoms with Gasteiger partial charge in [-0.05, 0) is 30.5 Å². The Hall–Kier alpha value is -3.01. The summed E-state index contributed by atoms with van der Waals surface area (Å²) in [4.78, 5) is 29.3. The molecule has 1 aliphatic rings. The number of rotatable bonds is 9. The summed E-state index contributed by atoms with van der Waals surface area (Å²) < 4.78 is 47.5. The van der Waals surface area contributed by atoms with Crippen LogP contribution in [0.25, 0.3) is 0 Å². The van der Waals surface area contributed by atoms with Crippen molar-refractivity contribution in [1.29, 1.82) is 0 Å². The third kappa shape index (κ3) is 6.98. The number of alkyl halides is 2. The number of amides is 2. The maximum atomic E-state index is 13.5. The van der Waals surface area contributed by atoms with Crippen molar-refractivity contribution in [1.82, 2.24) is 15.6 Å². The largest absolute Gasteiger partial charge is 0.484 e. The van der Waals surface area contributed by atoms with Crippen LogP contribution in [0.15, 0.2) is 36.5 Å². The molecule has 1 fully saturated rings. The summed E-state index contributed by atoms with van der Waals surface area (Å²) in [6, 6.07) is 6.62. The normalized spacial score (nSPS) is 15.1. The summed E-state index contributed by atoms with van der Waals surface area (Å²) in [7, 11) is 0. The fraction of sp³-hybridized carbons (Fsp3) is 0.409. The quantitative estimate of drug-likeness (QED) is 0.560. The molecule has 0 saturated heterocycles. The van der Waals surface area contributed by atoms with E-state index in [1.165, 1.54) is 30.5 Å². The van der Waals surface area contributed by atoms with Crippen molar-refractivity contribution in [2.75, 3.05) is 6.61 Å². The molecule has 0 aliphatic heterocycles. The van der Waals surface area contributed by atoms with Crippen LogP contribution in [0, 0.1) is 5.82 Å². The highest BCUT2D eigenvalue weighted by molar-refractivity contribution is 6.30. The molecular formula is C22H23ClF3N3O4. The van der Waals surface area contributed by atoms with Gasteiger partial charge in [-0.2, -0.15) is 8.78 Å². The zero-order chi connectivity index (χ0) is 23.8. The Kier molecular flexibility index (Phi) is 8.37. The highest BCUT2D eigenvalue weighted by Gasteiger charge is 2.40. The van der Waals surface area contributed by atoms with Crippen LogP contribution < -0.4 is 20.1 Å². The van der Waals surface area contributed by atoms with Crippen LogP contribution in [0.5, 0.6) is 11.6 Å². The van der Waals surface area contributed by atoms with Gasteiger partial charge in [0.2, 0.25) is 11.8 Å². The van der Waals surface area contributed by atoms with E-state index in [1.54, 1.807) is 0 Å². The first-order valence-corrected chi connectivity index (χ1v) is 10.7. The maximum absolute atomic E-state index is 13.5. The molecule has 2 amide bonds. The molecule has 11 heteroatoms. The van der Waals surface area contributed by atoms with Crippen molar-refractivity contribution in [3.63, 3.8) is 0 Å².